The van der Waals surface area contributed by atoms with Gasteiger partial charge in [-0.25, -0.2) is 4.79 Å². The van der Waals surface area contributed by atoms with Gasteiger partial charge in [-0.3, -0.25) is 0 Å². The summed E-state index contributed by atoms with van der Waals surface area (Å²) in [5, 5.41) is 0. The zero-order chi connectivity index (χ0) is 10.5. The summed E-state index contributed by atoms with van der Waals surface area (Å²) in [6.07, 6.45) is 1.06. The largest absolute Gasteiger partial charge is 0.458 e. The van der Waals surface area contributed by atoms with Gasteiger partial charge in [0.1, 0.15) is 6.10 Å². The lowest BCUT2D eigenvalue weighted by Gasteiger charge is -2.20. The molecule has 0 N–H and O–H groups in total. The minimum absolute atomic E-state index is 0.0870. The Hall–Kier alpha value is -0.610. The summed E-state index contributed by atoms with van der Waals surface area (Å²) in [5.74, 6) is 1.77. The van der Waals surface area contributed by atoms with Gasteiger partial charge in [0, 0.05) is 11.5 Å². The van der Waals surface area contributed by atoms with Crippen LogP contribution in [0.25, 0.3) is 0 Å². The van der Waals surface area contributed by atoms with E-state index in [2.05, 4.69) is 0 Å². The number of rotatable bonds is 2. The molecule has 2 nitrogen and oxygen atoms in total. The molecule has 0 aliphatic carbocycles. The highest BCUT2D eigenvalue weighted by Crippen LogP contribution is 2.30. The molecule has 0 radical (unpaired) electrons. The SMILES string of the molecule is O=C(OC1CCSSC1)c1ccccc1. The van der Waals surface area contributed by atoms with Crippen molar-refractivity contribution < 1.29 is 9.53 Å². The zero-order valence-electron chi connectivity index (χ0n) is 8.22. The van der Waals surface area contributed by atoms with Gasteiger partial charge in [-0.2, -0.15) is 0 Å². The first-order valence-electron chi connectivity index (χ1n) is 4.87. The van der Waals surface area contributed by atoms with Crippen molar-refractivity contribution in [2.75, 3.05) is 11.5 Å². The van der Waals surface area contributed by atoms with Crippen LogP contribution in [0.5, 0.6) is 0 Å². The summed E-state index contributed by atoms with van der Waals surface area (Å²) in [4.78, 5) is 11.7. The number of carbonyl (C=O) groups excluding carboxylic acids is 1. The van der Waals surface area contributed by atoms with Gasteiger partial charge in [0.2, 0.25) is 0 Å². The van der Waals surface area contributed by atoms with Gasteiger partial charge in [-0.1, -0.05) is 39.8 Å². The van der Waals surface area contributed by atoms with Crippen LogP contribution >= 0.6 is 21.6 Å². The molecule has 0 bridgehead atoms. The highest BCUT2D eigenvalue weighted by molar-refractivity contribution is 8.76. The second-order valence-corrected chi connectivity index (χ2v) is 5.92. The fraction of sp³-hybridized carbons (Fsp3) is 0.364. The highest BCUT2D eigenvalue weighted by Gasteiger charge is 2.19. The topological polar surface area (TPSA) is 26.3 Å². The molecule has 1 fully saturated rings. The maximum absolute atomic E-state index is 11.7. The van der Waals surface area contributed by atoms with Gasteiger partial charge >= 0.3 is 5.97 Å². The molecule has 2 rings (SSSR count). The second-order valence-electron chi connectivity index (χ2n) is 3.29. The van der Waals surface area contributed by atoms with E-state index in [4.69, 9.17) is 4.74 Å². The summed E-state index contributed by atoms with van der Waals surface area (Å²) in [6, 6.07) is 9.16. The summed E-state index contributed by atoms with van der Waals surface area (Å²) in [5.41, 5.74) is 0.640. The van der Waals surface area contributed by atoms with E-state index in [9.17, 15) is 4.79 Å². The predicted octanol–water partition coefficient (Wildman–Crippen LogP) is 3.00. The average molecular weight is 240 g/mol. The Balaban J connectivity index is 1.91. The monoisotopic (exact) mass is 240 g/mol. The van der Waals surface area contributed by atoms with Crippen LogP contribution < -0.4 is 0 Å². The van der Waals surface area contributed by atoms with Gasteiger partial charge in [0.05, 0.1) is 5.56 Å². The molecule has 0 amide bonds. The third-order valence-corrected chi connectivity index (χ3v) is 4.63. The van der Waals surface area contributed by atoms with E-state index in [1.165, 1.54) is 0 Å². The van der Waals surface area contributed by atoms with Crippen LogP contribution in [0.15, 0.2) is 30.3 Å². The van der Waals surface area contributed by atoms with E-state index in [0.29, 0.717) is 5.56 Å². The Morgan fingerprint density at radius 3 is 2.73 bits per heavy atom. The van der Waals surface area contributed by atoms with Crippen molar-refractivity contribution in [2.45, 2.75) is 12.5 Å². The van der Waals surface area contributed by atoms with Crippen molar-refractivity contribution in [3.8, 4) is 0 Å². The number of hydrogen-bond donors (Lipinski definition) is 0. The van der Waals surface area contributed by atoms with Crippen LogP contribution in [-0.4, -0.2) is 23.6 Å². The van der Waals surface area contributed by atoms with Gasteiger partial charge < -0.3 is 4.74 Å². The van der Waals surface area contributed by atoms with Gasteiger partial charge in [-0.05, 0) is 18.6 Å². The van der Waals surface area contributed by atoms with Crippen molar-refractivity contribution in [1.29, 1.82) is 0 Å². The van der Waals surface area contributed by atoms with E-state index in [-0.39, 0.29) is 12.1 Å². The van der Waals surface area contributed by atoms with Crippen LogP contribution in [0.4, 0.5) is 0 Å². The average Bonchev–Trinajstić information content (AvgIpc) is 2.31. The number of carbonyl (C=O) groups is 1. The number of hydrogen-bond acceptors (Lipinski definition) is 4. The summed E-state index contributed by atoms with van der Waals surface area (Å²) in [6.45, 7) is 0. The molecule has 0 spiro atoms. The molecule has 1 aromatic carbocycles. The van der Waals surface area contributed by atoms with Crippen molar-refractivity contribution >= 4 is 27.6 Å². The van der Waals surface area contributed by atoms with Crippen molar-refractivity contribution in [3.63, 3.8) is 0 Å². The molecule has 1 aliphatic heterocycles. The first-order chi connectivity index (χ1) is 7.36. The first kappa shape index (κ1) is 10.9. The molecule has 0 saturated carbocycles. The summed E-state index contributed by atoms with van der Waals surface area (Å²) >= 11 is 0. The summed E-state index contributed by atoms with van der Waals surface area (Å²) in [7, 11) is 3.63. The van der Waals surface area contributed by atoms with E-state index >= 15 is 0 Å². The van der Waals surface area contributed by atoms with E-state index in [1.54, 1.807) is 22.9 Å². The maximum Gasteiger partial charge on any atom is 0.338 e. The molecule has 15 heavy (non-hydrogen) atoms. The predicted molar refractivity (Wildman–Crippen MR) is 65.2 cm³/mol. The molecule has 1 atom stereocenters. The molecular weight excluding hydrogens is 228 g/mol. The van der Waals surface area contributed by atoms with Crippen molar-refractivity contribution in [3.05, 3.63) is 35.9 Å². The third kappa shape index (κ3) is 3.18. The Morgan fingerprint density at radius 2 is 2.07 bits per heavy atom. The standard InChI is InChI=1S/C11H12O2S2/c12-11(9-4-2-1-3-5-9)13-10-6-7-14-15-8-10/h1-5,10H,6-8H2. The first-order valence-corrected chi connectivity index (χ1v) is 7.35. The fourth-order valence-electron chi connectivity index (χ4n) is 1.33. The third-order valence-electron chi connectivity index (χ3n) is 2.14. The minimum atomic E-state index is -0.201. The molecule has 80 valence electrons. The minimum Gasteiger partial charge on any atom is -0.458 e. The second kappa shape index (κ2) is 5.47. The Labute approximate surface area is 97.2 Å². The number of benzene rings is 1. The van der Waals surface area contributed by atoms with Crippen LogP contribution in [0.1, 0.15) is 16.8 Å². The van der Waals surface area contributed by atoms with Crippen LogP contribution in [0, 0.1) is 0 Å². The van der Waals surface area contributed by atoms with Crippen LogP contribution in [-0.2, 0) is 4.74 Å². The maximum atomic E-state index is 11.7. The molecule has 1 aliphatic rings. The van der Waals surface area contributed by atoms with Crippen molar-refractivity contribution in [1.82, 2.24) is 0 Å². The molecule has 1 saturated heterocycles. The zero-order valence-corrected chi connectivity index (χ0v) is 9.85. The summed E-state index contributed by atoms with van der Waals surface area (Å²) < 4.78 is 5.40. The molecule has 4 heteroatoms. The van der Waals surface area contributed by atoms with Gasteiger partial charge in [0.25, 0.3) is 0 Å². The van der Waals surface area contributed by atoms with E-state index in [0.717, 1.165) is 17.9 Å². The Kier molecular flexibility index (Phi) is 3.97. The van der Waals surface area contributed by atoms with Crippen LogP contribution in [0.3, 0.4) is 0 Å². The van der Waals surface area contributed by atoms with E-state index in [1.807, 2.05) is 29.0 Å². The number of ether oxygens (including phenoxy) is 1. The lowest BCUT2D eigenvalue weighted by atomic mass is 10.2. The van der Waals surface area contributed by atoms with E-state index < -0.39 is 0 Å². The molecular formula is C11H12O2S2. The van der Waals surface area contributed by atoms with Gasteiger partial charge in [-0.15, -0.1) is 0 Å². The molecule has 0 aromatic heterocycles. The Bertz CT molecular complexity index is 321. The lowest BCUT2D eigenvalue weighted by molar-refractivity contribution is 0.0345. The smallest absolute Gasteiger partial charge is 0.338 e. The quantitative estimate of drug-likeness (QED) is 0.586. The molecule has 1 unspecified atom stereocenters. The molecule has 1 aromatic rings. The van der Waals surface area contributed by atoms with Crippen LogP contribution in [0.2, 0.25) is 0 Å². The van der Waals surface area contributed by atoms with Gasteiger partial charge in [0.15, 0.2) is 0 Å². The highest BCUT2D eigenvalue weighted by atomic mass is 33.1. The molecule has 1 heterocycles. The number of esters is 1. The van der Waals surface area contributed by atoms with Crippen molar-refractivity contribution in [2.24, 2.45) is 0 Å². The lowest BCUT2D eigenvalue weighted by Crippen LogP contribution is -2.23. The normalized spacial score (nSPS) is 20.9. The Morgan fingerprint density at radius 1 is 1.27 bits per heavy atom. The fourth-order valence-corrected chi connectivity index (χ4v) is 3.68.